The van der Waals surface area contributed by atoms with Crippen LogP contribution in [0.2, 0.25) is 0 Å². The van der Waals surface area contributed by atoms with Gasteiger partial charge in [0.2, 0.25) is 5.91 Å². The lowest BCUT2D eigenvalue weighted by atomic mass is 10.1. The highest BCUT2D eigenvalue weighted by Crippen LogP contribution is 2.27. The minimum atomic E-state index is -0.454. The van der Waals surface area contributed by atoms with Crippen LogP contribution in [0.4, 0.5) is 5.69 Å². The molecule has 2 aromatic heterocycles. The van der Waals surface area contributed by atoms with E-state index in [1.165, 1.54) is 6.07 Å². The predicted octanol–water partition coefficient (Wildman–Crippen LogP) is 3.86. The zero-order chi connectivity index (χ0) is 19.8. The lowest BCUT2D eigenvalue weighted by Gasteiger charge is -2.21. The van der Waals surface area contributed by atoms with Crippen molar-refractivity contribution in [3.8, 4) is 0 Å². The molecule has 4 rings (SSSR count). The van der Waals surface area contributed by atoms with E-state index >= 15 is 0 Å². The van der Waals surface area contributed by atoms with Crippen LogP contribution in [0, 0.1) is 13.8 Å². The number of benzene rings is 2. The Bertz CT molecular complexity index is 1250. The van der Waals surface area contributed by atoms with Crippen molar-refractivity contribution in [2.45, 2.75) is 33.2 Å². The molecule has 0 aliphatic heterocycles. The monoisotopic (exact) mass is 374 g/mol. The third-order valence-corrected chi connectivity index (χ3v) is 5.08. The molecule has 6 nitrogen and oxygen atoms in total. The van der Waals surface area contributed by atoms with E-state index in [0.29, 0.717) is 12.1 Å². The van der Waals surface area contributed by atoms with Crippen LogP contribution in [0.3, 0.4) is 0 Å². The van der Waals surface area contributed by atoms with Gasteiger partial charge >= 0.3 is 0 Å². The molecule has 0 saturated carbocycles. The van der Waals surface area contributed by atoms with Gasteiger partial charge in [-0.2, -0.15) is 4.98 Å². The van der Waals surface area contributed by atoms with Crippen molar-refractivity contribution in [1.29, 1.82) is 0 Å². The van der Waals surface area contributed by atoms with Gasteiger partial charge in [-0.05, 0) is 44.0 Å². The van der Waals surface area contributed by atoms with E-state index < -0.39 is 6.04 Å². The number of carbonyl (C=O) groups is 1. The summed E-state index contributed by atoms with van der Waals surface area (Å²) in [5.41, 5.74) is 3.72. The number of para-hydroxylation sites is 2. The number of nitrogens with one attached hydrogen (secondary N) is 1. The van der Waals surface area contributed by atoms with Crippen LogP contribution in [0.15, 0.2) is 59.4 Å². The predicted molar refractivity (Wildman–Crippen MR) is 111 cm³/mol. The highest BCUT2D eigenvalue weighted by molar-refractivity contribution is 5.98. The van der Waals surface area contributed by atoms with Crippen molar-refractivity contribution >= 4 is 28.1 Å². The zero-order valence-electron chi connectivity index (χ0n) is 16.1. The smallest absolute Gasteiger partial charge is 0.273 e. The highest BCUT2D eigenvalue weighted by Gasteiger charge is 2.25. The Kier molecular flexibility index (Phi) is 4.47. The lowest BCUT2D eigenvalue weighted by molar-refractivity contribution is -0.119. The van der Waals surface area contributed by atoms with Gasteiger partial charge in [-0.15, -0.1) is 0 Å². The molecular formula is C22H22N4O2. The third-order valence-electron chi connectivity index (χ3n) is 5.08. The first-order valence-electron chi connectivity index (χ1n) is 9.37. The Hall–Kier alpha value is -3.41. The van der Waals surface area contributed by atoms with Crippen LogP contribution >= 0.6 is 0 Å². The molecule has 1 N–H and O–H groups in total. The van der Waals surface area contributed by atoms with Crippen molar-refractivity contribution < 1.29 is 4.79 Å². The van der Waals surface area contributed by atoms with Crippen molar-refractivity contribution in [3.63, 3.8) is 0 Å². The molecule has 142 valence electrons. The third kappa shape index (κ3) is 2.87. The first-order chi connectivity index (χ1) is 13.5. The Balaban J connectivity index is 1.91. The largest absolute Gasteiger partial charge is 0.324 e. The van der Waals surface area contributed by atoms with Gasteiger partial charge in [0.05, 0.1) is 5.52 Å². The average molecular weight is 374 g/mol. The Morgan fingerprint density at radius 3 is 2.57 bits per heavy atom. The second-order valence-electron chi connectivity index (χ2n) is 6.96. The topological polar surface area (TPSA) is 68.4 Å². The van der Waals surface area contributed by atoms with Crippen LogP contribution < -0.4 is 10.9 Å². The summed E-state index contributed by atoms with van der Waals surface area (Å²) in [6.45, 7) is 5.81. The van der Waals surface area contributed by atoms with Gasteiger partial charge in [0.25, 0.3) is 5.56 Å². The van der Waals surface area contributed by atoms with Gasteiger partial charge in [-0.1, -0.05) is 37.3 Å². The number of amides is 1. The van der Waals surface area contributed by atoms with Crippen LogP contribution in [-0.4, -0.2) is 20.1 Å². The van der Waals surface area contributed by atoms with Crippen molar-refractivity contribution in [2.24, 2.45) is 0 Å². The molecule has 0 saturated heterocycles. The second kappa shape index (κ2) is 6.96. The summed E-state index contributed by atoms with van der Waals surface area (Å²) in [6, 6.07) is 16.5. The maximum Gasteiger partial charge on any atom is 0.273 e. The molecule has 0 aliphatic carbocycles. The standard InChI is InChI=1S/C22H22N4O2/c1-4-18(22(28)23-17-11-7-5-9-14(17)2)26-19-12-8-6-10-16(19)21-24-20(27)13-15(3)25(21)26/h5-13,18H,4H2,1-3H3,(H,23,28). The SMILES string of the molecule is CCC(C(=O)Nc1ccccc1C)n1c2ccccc2c2nc(=O)cc(C)n21. The van der Waals surface area contributed by atoms with Gasteiger partial charge in [0.1, 0.15) is 6.04 Å². The number of aryl methyl sites for hydroxylation is 2. The quantitative estimate of drug-likeness (QED) is 0.590. The highest BCUT2D eigenvalue weighted by atomic mass is 16.2. The van der Waals surface area contributed by atoms with E-state index in [2.05, 4.69) is 10.3 Å². The first kappa shape index (κ1) is 18.0. The summed E-state index contributed by atoms with van der Waals surface area (Å²) in [5, 5.41) is 3.91. The number of hydrogen-bond donors (Lipinski definition) is 1. The zero-order valence-corrected chi connectivity index (χ0v) is 16.1. The number of hydrogen-bond acceptors (Lipinski definition) is 3. The molecule has 1 atom stereocenters. The Morgan fingerprint density at radius 1 is 1.11 bits per heavy atom. The van der Waals surface area contributed by atoms with Crippen LogP contribution in [0.25, 0.3) is 16.6 Å². The van der Waals surface area contributed by atoms with Gasteiger partial charge in [0.15, 0.2) is 5.65 Å². The molecule has 4 aromatic rings. The Morgan fingerprint density at radius 2 is 1.82 bits per heavy atom. The number of aromatic nitrogens is 3. The van der Waals surface area contributed by atoms with Gasteiger partial charge in [-0.3, -0.25) is 14.3 Å². The normalized spacial score (nSPS) is 12.4. The molecular weight excluding hydrogens is 352 g/mol. The van der Waals surface area contributed by atoms with E-state index in [1.54, 1.807) is 0 Å². The number of rotatable bonds is 4. The lowest BCUT2D eigenvalue weighted by Crippen LogP contribution is -2.29. The molecule has 0 aliphatic rings. The number of fused-ring (bicyclic) bond motifs is 3. The van der Waals surface area contributed by atoms with Crippen LogP contribution in [0.1, 0.15) is 30.6 Å². The molecule has 28 heavy (non-hydrogen) atoms. The summed E-state index contributed by atoms with van der Waals surface area (Å²) in [6.07, 6.45) is 0.594. The minimum Gasteiger partial charge on any atom is -0.324 e. The number of nitrogens with zero attached hydrogens (tertiary/aromatic N) is 3. The average Bonchev–Trinajstić information content (AvgIpc) is 2.99. The maximum absolute atomic E-state index is 13.2. The van der Waals surface area contributed by atoms with E-state index in [0.717, 1.165) is 27.8 Å². The van der Waals surface area contributed by atoms with Gasteiger partial charge in [-0.25, -0.2) is 4.52 Å². The van der Waals surface area contributed by atoms with Crippen molar-refractivity contribution in [1.82, 2.24) is 14.2 Å². The van der Waals surface area contributed by atoms with E-state index in [9.17, 15) is 9.59 Å². The van der Waals surface area contributed by atoms with Gasteiger partial charge in [0, 0.05) is 22.8 Å². The summed E-state index contributed by atoms with van der Waals surface area (Å²) in [5.74, 6) is -0.0995. The fourth-order valence-electron chi connectivity index (χ4n) is 3.71. The molecule has 0 radical (unpaired) electrons. The number of anilines is 1. The summed E-state index contributed by atoms with van der Waals surface area (Å²) < 4.78 is 3.82. The molecule has 0 bridgehead atoms. The Labute approximate surface area is 162 Å². The van der Waals surface area contributed by atoms with Crippen LogP contribution in [-0.2, 0) is 4.79 Å². The second-order valence-corrected chi connectivity index (χ2v) is 6.96. The van der Waals surface area contributed by atoms with Crippen molar-refractivity contribution in [2.75, 3.05) is 5.32 Å². The van der Waals surface area contributed by atoms with Crippen LogP contribution in [0.5, 0.6) is 0 Å². The summed E-state index contributed by atoms with van der Waals surface area (Å²) >= 11 is 0. The first-order valence-corrected chi connectivity index (χ1v) is 9.37. The summed E-state index contributed by atoms with van der Waals surface area (Å²) in [4.78, 5) is 29.4. The fourth-order valence-corrected chi connectivity index (χ4v) is 3.71. The van der Waals surface area contributed by atoms with E-state index in [4.69, 9.17) is 0 Å². The molecule has 1 unspecified atom stereocenters. The van der Waals surface area contributed by atoms with Crippen molar-refractivity contribution in [3.05, 3.63) is 76.2 Å². The fraction of sp³-hybridized carbons (Fsp3) is 0.227. The molecule has 2 aromatic carbocycles. The maximum atomic E-state index is 13.2. The molecule has 6 heteroatoms. The van der Waals surface area contributed by atoms with Gasteiger partial charge < -0.3 is 5.32 Å². The summed E-state index contributed by atoms with van der Waals surface area (Å²) in [7, 11) is 0. The number of carbonyl (C=O) groups excluding carboxylic acids is 1. The van der Waals surface area contributed by atoms with E-state index in [1.807, 2.05) is 78.5 Å². The molecule has 1 amide bonds. The minimum absolute atomic E-state index is 0.0995. The van der Waals surface area contributed by atoms with E-state index in [-0.39, 0.29) is 11.5 Å². The molecule has 2 heterocycles. The molecule has 0 fully saturated rings. The molecule has 0 spiro atoms.